The molecule has 1 atom stereocenters. The molecule has 2 nitrogen and oxygen atoms in total. The summed E-state index contributed by atoms with van der Waals surface area (Å²) in [4.78, 5) is 0. The van der Waals surface area contributed by atoms with Gasteiger partial charge in [-0.2, -0.15) is 0 Å². The molecule has 0 aliphatic heterocycles. The fourth-order valence-corrected chi connectivity index (χ4v) is 15.8. The largest absolute Gasteiger partial charge is 0.309 e. The van der Waals surface area contributed by atoms with Crippen molar-refractivity contribution in [3.8, 4) is 55.9 Å². The highest BCUT2D eigenvalue weighted by atomic mass is 15.0. The van der Waals surface area contributed by atoms with Crippen molar-refractivity contribution >= 4 is 76.3 Å². The molecule has 18 rings (SSSR count). The van der Waals surface area contributed by atoms with Crippen molar-refractivity contribution in [2.75, 3.05) is 0 Å². The maximum Gasteiger partial charge on any atom is 0.0544 e. The van der Waals surface area contributed by atoms with E-state index in [1.807, 2.05) is 0 Å². The first-order chi connectivity index (χ1) is 43.1. The fourth-order valence-electron chi connectivity index (χ4n) is 15.8. The van der Waals surface area contributed by atoms with Crippen LogP contribution >= 0.6 is 0 Å². The second-order valence-electron chi connectivity index (χ2n) is 26.0. The van der Waals surface area contributed by atoms with Gasteiger partial charge in [0, 0.05) is 49.7 Å². The van der Waals surface area contributed by atoms with Crippen LogP contribution in [0.3, 0.4) is 0 Å². The van der Waals surface area contributed by atoms with Gasteiger partial charge in [-0.1, -0.05) is 234 Å². The average Bonchev–Trinajstić information content (AvgIpc) is 1.59. The lowest BCUT2D eigenvalue weighted by Gasteiger charge is -2.24. The number of rotatable bonds is 7. The molecular weight excluding hydrogens is 1060 g/mol. The lowest BCUT2D eigenvalue weighted by atomic mass is 9.80. The first kappa shape index (κ1) is 50.8. The molecule has 0 saturated carbocycles. The number of benzene rings is 13. The molecule has 2 heteroatoms. The minimum absolute atomic E-state index is 0.0864. The molecule has 3 aliphatic rings. The first-order valence-electron chi connectivity index (χ1n) is 31.2. The van der Waals surface area contributed by atoms with Crippen LogP contribution in [0.1, 0.15) is 79.0 Å². The summed E-state index contributed by atoms with van der Waals surface area (Å²) >= 11 is 0. The van der Waals surface area contributed by atoms with Crippen molar-refractivity contribution in [1.29, 1.82) is 0 Å². The minimum Gasteiger partial charge on any atom is -0.309 e. The monoisotopic (exact) mass is 1120 g/mol. The Labute approximate surface area is 513 Å². The van der Waals surface area contributed by atoms with E-state index in [0.29, 0.717) is 0 Å². The molecule has 0 spiro atoms. The molecule has 88 heavy (non-hydrogen) atoms. The lowest BCUT2D eigenvalue weighted by molar-refractivity contribution is 0.661. The lowest BCUT2D eigenvalue weighted by Crippen LogP contribution is -2.15. The fraction of sp³-hybridized carbons (Fsp3) is 0.0930. The maximum absolute atomic E-state index is 2.52. The van der Waals surface area contributed by atoms with Crippen LogP contribution in [0.5, 0.6) is 0 Å². The Hall–Kier alpha value is -10.5. The third-order valence-corrected chi connectivity index (χ3v) is 20.4. The molecule has 1 unspecified atom stereocenters. The maximum atomic E-state index is 2.52. The molecule has 0 N–H and O–H groups in total. The number of para-hydroxylation sites is 1. The summed E-state index contributed by atoms with van der Waals surface area (Å²) in [6, 6.07) is 103. The normalized spacial score (nSPS) is 15.4. The van der Waals surface area contributed by atoms with Crippen LogP contribution in [-0.2, 0) is 10.8 Å². The standard InChI is InChI=1S/C86H62N2/c1-85(2)77-25-12-9-22-69(77)72-49-75-71-24-11-14-27-81(71)87(83(75)51-79(72)85)67-37-32-55(33-38-67)56-34-39-68(40-35-56)88-82-41-36-63(48-74(82)76-50-73-70-23-10-13-26-78(70)86(3,4)80(73)52-84(76)88)59-20-15-21-60(44-59)64-45-65(61-30-28-53-16-5-7-18-57(53)42-61)47-66(46-64)62-31-29-54-17-6-8-19-58(54)43-62/h5-45,47-52,64H,46H2,1-4H3. The van der Waals surface area contributed by atoms with E-state index in [1.165, 1.54) is 160 Å². The van der Waals surface area contributed by atoms with E-state index in [9.17, 15) is 0 Å². The molecule has 0 fully saturated rings. The number of fused-ring (bicyclic) bond motifs is 14. The zero-order valence-corrected chi connectivity index (χ0v) is 49.8. The SMILES string of the molecule is CC1(C)c2ccccc2-c2cc3c4ccccc4n(-c4ccc(-c5ccc(-n6c7ccc(-c8cccc(C9C=C(c%10ccc%11ccccc%11c%10)C=C(c%10ccc%11ccccc%11c%10)C9)c8)cc7c7cc8c(cc76)C(C)(C)c6ccccc6-8)cc5)cc4)c3cc21. The molecule has 0 saturated heterocycles. The zero-order valence-electron chi connectivity index (χ0n) is 49.8. The molecule has 13 aromatic carbocycles. The average molecular weight is 1120 g/mol. The van der Waals surface area contributed by atoms with Gasteiger partial charge in [-0.3, -0.25) is 0 Å². The first-order valence-corrected chi connectivity index (χ1v) is 31.2. The van der Waals surface area contributed by atoms with E-state index in [4.69, 9.17) is 0 Å². The molecule has 0 bridgehead atoms. The molecule has 416 valence electrons. The van der Waals surface area contributed by atoms with Crippen LogP contribution < -0.4 is 0 Å². The Morgan fingerprint density at radius 3 is 1.41 bits per heavy atom. The molecule has 2 heterocycles. The van der Waals surface area contributed by atoms with E-state index >= 15 is 0 Å². The minimum atomic E-state index is -0.143. The smallest absolute Gasteiger partial charge is 0.0544 e. The van der Waals surface area contributed by atoms with E-state index in [0.717, 1.165) is 17.8 Å². The summed E-state index contributed by atoms with van der Waals surface area (Å²) in [6.45, 7) is 9.53. The Kier molecular flexibility index (Phi) is 10.9. The van der Waals surface area contributed by atoms with E-state index < -0.39 is 0 Å². The van der Waals surface area contributed by atoms with Gasteiger partial charge in [-0.05, 0) is 201 Å². The third-order valence-electron chi connectivity index (χ3n) is 20.4. The van der Waals surface area contributed by atoms with Crippen molar-refractivity contribution in [2.45, 2.75) is 50.9 Å². The molecule has 0 amide bonds. The van der Waals surface area contributed by atoms with Gasteiger partial charge in [0.05, 0.1) is 22.1 Å². The van der Waals surface area contributed by atoms with Gasteiger partial charge < -0.3 is 9.13 Å². The number of hydrogen-bond donors (Lipinski definition) is 0. The van der Waals surface area contributed by atoms with Gasteiger partial charge in [0.15, 0.2) is 0 Å². The second kappa shape index (κ2) is 19.0. The predicted molar refractivity (Wildman–Crippen MR) is 372 cm³/mol. The van der Waals surface area contributed by atoms with Crippen LogP contribution in [0.25, 0.3) is 132 Å². The van der Waals surface area contributed by atoms with Crippen LogP contribution in [0.4, 0.5) is 0 Å². The Bertz CT molecular complexity index is 5520. The Balaban J connectivity index is 0.721. The third kappa shape index (κ3) is 7.68. The Morgan fingerprint density at radius 2 is 0.784 bits per heavy atom. The molecule has 15 aromatic rings. The summed E-state index contributed by atoms with van der Waals surface area (Å²) in [6.07, 6.45) is 5.87. The van der Waals surface area contributed by atoms with Crippen LogP contribution in [-0.4, -0.2) is 9.13 Å². The Morgan fingerprint density at radius 1 is 0.307 bits per heavy atom. The number of hydrogen-bond acceptors (Lipinski definition) is 0. The molecule has 0 radical (unpaired) electrons. The highest BCUT2D eigenvalue weighted by Gasteiger charge is 2.38. The zero-order chi connectivity index (χ0) is 58.6. The quantitative estimate of drug-likeness (QED) is 0.151. The topological polar surface area (TPSA) is 9.86 Å². The van der Waals surface area contributed by atoms with Gasteiger partial charge >= 0.3 is 0 Å². The highest BCUT2D eigenvalue weighted by Crippen LogP contribution is 2.53. The van der Waals surface area contributed by atoms with Crippen molar-refractivity contribution < 1.29 is 0 Å². The van der Waals surface area contributed by atoms with Gasteiger partial charge in [-0.25, -0.2) is 0 Å². The summed E-state index contributed by atoms with van der Waals surface area (Å²) in [5.74, 6) is 0.179. The van der Waals surface area contributed by atoms with Gasteiger partial charge in [0.2, 0.25) is 0 Å². The molecule has 2 aromatic heterocycles. The number of aromatic nitrogens is 2. The molecule has 3 aliphatic carbocycles. The van der Waals surface area contributed by atoms with Crippen LogP contribution in [0.15, 0.2) is 285 Å². The van der Waals surface area contributed by atoms with Crippen molar-refractivity contribution in [3.63, 3.8) is 0 Å². The van der Waals surface area contributed by atoms with E-state index in [-0.39, 0.29) is 16.7 Å². The second-order valence-corrected chi connectivity index (χ2v) is 26.0. The summed E-state index contributed by atoms with van der Waals surface area (Å²) in [5.41, 5.74) is 29.2. The predicted octanol–water partition coefficient (Wildman–Crippen LogP) is 22.8. The number of allylic oxidation sites excluding steroid dienone is 4. The van der Waals surface area contributed by atoms with Gasteiger partial charge in [0.25, 0.3) is 0 Å². The van der Waals surface area contributed by atoms with Gasteiger partial charge in [0.1, 0.15) is 0 Å². The van der Waals surface area contributed by atoms with E-state index in [1.54, 1.807) is 0 Å². The van der Waals surface area contributed by atoms with Crippen molar-refractivity contribution in [2.24, 2.45) is 0 Å². The summed E-state index contributed by atoms with van der Waals surface area (Å²) in [5, 5.41) is 10.1. The number of nitrogens with zero attached hydrogens (tertiary/aromatic N) is 2. The van der Waals surface area contributed by atoms with Crippen LogP contribution in [0, 0.1) is 0 Å². The van der Waals surface area contributed by atoms with E-state index in [2.05, 4.69) is 322 Å². The summed E-state index contributed by atoms with van der Waals surface area (Å²) < 4.78 is 4.98. The molecular formula is C86H62N2. The van der Waals surface area contributed by atoms with Crippen molar-refractivity contribution in [3.05, 3.63) is 324 Å². The summed E-state index contributed by atoms with van der Waals surface area (Å²) in [7, 11) is 0. The highest BCUT2D eigenvalue weighted by molar-refractivity contribution is 6.14. The van der Waals surface area contributed by atoms with Gasteiger partial charge in [-0.15, -0.1) is 0 Å². The van der Waals surface area contributed by atoms with Crippen molar-refractivity contribution in [1.82, 2.24) is 9.13 Å². The van der Waals surface area contributed by atoms with Crippen LogP contribution in [0.2, 0.25) is 0 Å².